The summed E-state index contributed by atoms with van der Waals surface area (Å²) in [7, 11) is 3.43. The topological polar surface area (TPSA) is 52.7 Å². The van der Waals surface area contributed by atoms with E-state index in [0.29, 0.717) is 23.7 Å². The predicted molar refractivity (Wildman–Crippen MR) is 87.3 cm³/mol. The molecule has 1 aromatic carbocycles. The molecule has 0 atom stereocenters. The van der Waals surface area contributed by atoms with Gasteiger partial charge in [-0.25, -0.2) is 4.79 Å². The molecule has 3 amide bonds. The molecule has 1 saturated heterocycles. The SMILES string of the molecule is Cc1ccc(C(=O)N2CCC(NC(=O)N(C)C)CC2)c(Cl)c1. The van der Waals surface area contributed by atoms with E-state index in [-0.39, 0.29) is 18.0 Å². The molecule has 1 aliphatic heterocycles. The zero-order valence-electron chi connectivity index (χ0n) is 13.2. The minimum Gasteiger partial charge on any atom is -0.338 e. The number of carbonyl (C=O) groups excluding carboxylic acids is 2. The molecule has 0 aromatic heterocycles. The second-order valence-electron chi connectivity index (χ2n) is 5.89. The van der Waals surface area contributed by atoms with Gasteiger partial charge < -0.3 is 15.1 Å². The number of hydrogen-bond acceptors (Lipinski definition) is 2. The van der Waals surface area contributed by atoms with Gasteiger partial charge in [0.15, 0.2) is 0 Å². The van der Waals surface area contributed by atoms with Crippen molar-refractivity contribution < 1.29 is 9.59 Å². The molecular weight excluding hydrogens is 302 g/mol. The molecule has 0 radical (unpaired) electrons. The Morgan fingerprint density at radius 3 is 2.45 bits per heavy atom. The van der Waals surface area contributed by atoms with Gasteiger partial charge in [0.1, 0.15) is 0 Å². The largest absolute Gasteiger partial charge is 0.338 e. The van der Waals surface area contributed by atoms with Crippen LogP contribution < -0.4 is 5.32 Å². The Morgan fingerprint density at radius 2 is 1.91 bits per heavy atom. The summed E-state index contributed by atoms with van der Waals surface area (Å²) in [6.07, 6.45) is 1.52. The summed E-state index contributed by atoms with van der Waals surface area (Å²) in [5.41, 5.74) is 1.58. The summed E-state index contributed by atoms with van der Waals surface area (Å²) in [5.74, 6) is -0.0395. The van der Waals surface area contributed by atoms with Gasteiger partial charge in [-0.05, 0) is 37.5 Å². The van der Waals surface area contributed by atoms with E-state index in [1.807, 2.05) is 13.0 Å². The van der Waals surface area contributed by atoms with Crippen LogP contribution >= 0.6 is 11.6 Å². The van der Waals surface area contributed by atoms with Crippen LogP contribution in [0.2, 0.25) is 5.02 Å². The van der Waals surface area contributed by atoms with Crippen LogP contribution in [0.3, 0.4) is 0 Å². The van der Waals surface area contributed by atoms with Gasteiger partial charge in [-0.2, -0.15) is 0 Å². The number of carbonyl (C=O) groups is 2. The average molecular weight is 324 g/mol. The van der Waals surface area contributed by atoms with Crippen molar-refractivity contribution in [1.29, 1.82) is 0 Å². The van der Waals surface area contributed by atoms with Crippen molar-refractivity contribution in [1.82, 2.24) is 15.1 Å². The maximum atomic E-state index is 12.5. The molecule has 6 heteroatoms. The quantitative estimate of drug-likeness (QED) is 0.909. The molecule has 120 valence electrons. The van der Waals surface area contributed by atoms with Crippen molar-refractivity contribution in [3.63, 3.8) is 0 Å². The molecule has 0 spiro atoms. The molecule has 0 unspecified atom stereocenters. The van der Waals surface area contributed by atoms with Crippen LogP contribution in [0.25, 0.3) is 0 Å². The summed E-state index contributed by atoms with van der Waals surface area (Å²) >= 11 is 6.17. The van der Waals surface area contributed by atoms with E-state index in [2.05, 4.69) is 5.32 Å². The number of hydrogen-bond donors (Lipinski definition) is 1. The molecule has 1 fully saturated rings. The van der Waals surface area contributed by atoms with E-state index < -0.39 is 0 Å². The lowest BCUT2D eigenvalue weighted by molar-refractivity contribution is 0.0707. The van der Waals surface area contributed by atoms with E-state index in [1.54, 1.807) is 31.1 Å². The molecule has 1 aliphatic rings. The highest BCUT2D eigenvalue weighted by Gasteiger charge is 2.25. The molecule has 2 rings (SSSR count). The van der Waals surface area contributed by atoms with Crippen molar-refractivity contribution in [2.24, 2.45) is 0 Å². The first-order valence-electron chi connectivity index (χ1n) is 7.41. The normalized spacial score (nSPS) is 15.5. The van der Waals surface area contributed by atoms with Crippen molar-refractivity contribution in [3.05, 3.63) is 34.3 Å². The van der Waals surface area contributed by atoms with Crippen LogP contribution in [0.5, 0.6) is 0 Å². The van der Waals surface area contributed by atoms with Crippen molar-refractivity contribution in [2.75, 3.05) is 27.2 Å². The molecule has 1 aromatic rings. The van der Waals surface area contributed by atoms with Gasteiger partial charge >= 0.3 is 6.03 Å². The number of benzene rings is 1. The fourth-order valence-corrected chi connectivity index (χ4v) is 2.81. The molecule has 1 N–H and O–H groups in total. The molecule has 5 nitrogen and oxygen atoms in total. The predicted octanol–water partition coefficient (Wildman–Crippen LogP) is 2.52. The highest BCUT2D eigenvalue weighted by molar-refractivity contribution is 6.33. The van der Waals surface area contributed by atoms with Crippen LogP contribution in [-0.2, 0) is 0 Å². The number of piperidine rings is 1. The first-order chi connectivity index (χ1) is 10.4. The Labute approximate surface area is 136 Å². The number of rotatable bonds is 2. The van der Waals surface area contributed by atoms with E-state index in [0.717, 1.165) is 18.4 Å². The van der Waals surface area contributed by atoms with Crippen LogP contribution in [0, 0.1) is 6.92 Å². The molecule has 0 aliphatic carbocycles. The third-order valence-corrected chi connectivity index (χ3v) is 4.18. The van der Waals surface area contributed by atoms with Gasteiger partial charge in [0, 0.05) is 33.2 Å². The number of likely N-dealkylation sites (tertiary alicyclic amines) is 1. The zero-order chi connectivity index (χ0) is 16.3. The Morgan fingerprint density at radius 1 is 1.27 bits per heavy atom. The summed E-state index contributed by atoms with van der Waals surface area (Å²) in [5, 5.41) is 3.45. The van der Waals surface area contributed by atoms with Gasteiger partial charge in [-0.1, -0.05) is 17.7 Å². The number of amides is 3. The standard InChI is InChI=1S/C16H22ClN3O2/c1-11-4-5-13(14(17)10-11)15(21)20-8-6-12(7-9-20)18-16(22)19(2)3/h4-5,10,12H,6-9H2,1-3H3,(H,18,22). The molecular formula is C16H22ClN3O2. The monoisotopic (exact) mass is 323 g/mol. The maximum Gasteiger partial charge on any atom is 0.317 e. The van der Waals surface area contributed by atoms with Crippen LogP contribution in [0.1, 0.15) is 28.8 Å². The fourth-order valence-electron chi connectivity index (χ4n) is 2.49. The van der Waals surface area contributed by atoms with E-state index >= 15 is 0 Å². The maximum absolute atomic E-state index is 12.5. The van der Waals surface area contributed by atoms with E-state index in [4.69, 9.17) is 11.6 Å². The zero-order valence-corrected chi connectivity index (χ0v) is 14.0. The van der Waals surface area contributed by atoms with Gasteiger partial charge in [-0.15, -0.1) is 0 Å². The van der Waals surface area contributed by atoms with E-state index in [1.165, 1.54) is 4.90 Å². The van der Waals surface area contributed by atoms with Gasteiger partial charge in [0.2, 0.25) is 0 Å². The second kappa shape index (κ2) is 7.01. The number of nitrogens with one attached hydrogen (secondary N) is 1. The number of urea groups is 1. The molecule has 0 bridgehead atoms. The van der Waals surface area contributed by atoms with Crippen molar-refractivity contribution in [3.8, 4) is 0 Å². The molecule has 22 heavy (non-hydrogen) atoms. The van der Waals surface area contributed by atoms with Crippen molar-refractivity contribution >= 4 is 23.5 Å². The third kappa shape index (κ3) is 3.91. The summed E-state index contributed by atoms with van der Waals surface area (Å²) in [6.45, 7) is 3.20. The highest BCUT2D eigenvalue weighted by Crippen LogP contribution is 2.21. The van der Waals surface area contributed by atoms with Crippen LogP contribution in [0.4, 0.5) is 4.79 Å². The summed E-state index contributed by atoms with van der Waals surface area (Å²) in [6, 6.07) is 5.50. The van der Waals surface area contributed by atoms with Gasteiger partial charge in [0.05, 0.1) is 10.6 Å². The molecule has 0 saturated carbocycles. The molecule has 1 heterocycles. The Bertz CT molecular complexity index is 567. The number of nitrogens with zero attached hydrogens (tertiary/aromatic N) is 2. The van der Waals surface area contributed by atoms with E-state index in [9.17, 15) is 9.59 Å². The van der Waals surface area contributed by atoms with Crippen molar-refractivity contribution in [2.45, 2.75) is 25.8 Å². The lowest BCUT2D eigenvalue weighted by Gasteiger charge is -2.33. The van der Waals surface area contributed by atoms with Crippen LogP contribution in [-0.4, -0.2) is 55.0 Å². The number of halogens is 1. The number of aryl methyl sites for hydroxylation is 1. The summed E-state index contributed by atoms with van der Waals surface area (Å²) in [4.78, 5) is 27.5. The summed E-state index contributed by atoms with van der Waals surface area (Å²) < 4.78 is 0. The second-order valence-corrected chi connectivity index (χ2v) is 6.30. The minimum absolute atomic E-state index is 0.0395. The van der Waals surface area contributed by atoms with Gasteiger partial charge in [0.25, 0.3) is 5.91 Å². The minimum atomic E-state index is -0.0913. The Kier molecular flexibility index (Phi) is 5.29. The highest BCUT2D eigenvalue weighted by atomic mass is 35.5. The smallest absolute Gasteiger partial charge is 0.317 e. The lowest BCUT2D eigenvalue weighted by atomic mass is 10.0. The fraction of sp³-hybridized carbons (Fsp3) is 0.500. The van der Waals surface area contributed by atoms with Gasteiger partial charge in [-0.3, -0.25) is 4.79 Å². The van der Waals surface area contributed by atoms with Crippen LogP contribution in [0.15, 0.2) is 18.2 Å². The lowest BCUT2D eigenvalue weighted by Crippen LogP contribution is -2.48. The Hall–Kier alpha value is -1.75. The first kappa shape index (κ1) is 16.6. The average Bonchev–Trinajstić information content (AvgIpc) is 2.47. The first-order valence-corrected chi connectivity index (χ1v) is 7.79. The Balaban J connectivity index is 1.94. The third-order valence-electron chi connectivity index (χ3n) is 3.87.